The van der Waals surface area contributed by atoms with Crippen LogP contribution in [0.1, 0.15) is 134 Å². The van der Waals surface area contributed by atoms with Gasteiger partial charge in [0.2, 0.25) is 0 Å². The first-order chi connectivity index (χ1) is 16.7. The molecular weight excluding hydrogens is 417 g/mol. The summed E-state index contributed by atoms with van der Waals surface area (Å²) in [6.45, 7) is 4.54. The van der Waals surface area contributed by atoms with E-state index in [1.165, 1.54) is 102 Å². The van der Waals surface area contributed by atoms with E-state index < -0.39 is 0 Å². The molecule has 0 amide bonds. The maximum absolute atomic E-state index is 14.9. The first-order valence-electron chi connectivity index (χ1n) is 14.5. The molecule has 2 heteroatoms. The standard InChI is InChI=1S/C32H48FN/c1-3-5-7-9-10-11-13-15-27-18-22-30(31(33)24-27)32-23-21-29(25-34-32)28-19-16-26(17-20-28)14-12-8-6-4-2/h18,21-26,28H,3-17,19-20H2,1-2H3. The Kier molecular flexibility index (Phi) is 12.1. The predicted molar refractivity (Wildman–Crippen MR) is 145 cm³/mol. The molecule has 1 fully saturated rings. The number of aryl methyl sites for hydroxylation is 1. The zero-order valence-corrected chi connectivity index (χ0v) is 22.0. The molecule has 0 N–H and O–H groups in total. The van der Waals surface area contributed by atoms with Crippen molar-refractivity contribution in [2.24, 2.45) is 5.92 Å². The van der Waals surface area contributed by atoms with E-state index in [1.807, 2.05) is 18.3 Å². The quantitative estimate of drug-likeness (QED) is 0.238. The summed E-state index contributed by atoms with van der Waals surface area (Å²) in [4.78, 5) is 4.67. The molecule has 0 atom stereocenters. The van der Waals surface area contributed by atoms with Crippen molar-refractivity contribution in [3.63, 3.8) is 0 Å². The van der Waals surface area contributed by atoms with Gasteiger partial charge in [-0.3, -0.25) is 4.98 Å². The molecule has 0 bridgehead atoms. The van der Waals surface area contributed by atoms with Crippen LogP contribution in [0.2, 0.25) is 0 Å². The smallest absolute Gasteiger partial charge is 0.132 e. The summed E-state index contributed by atoms with van der Waals surface area (Å²) >= 11 is 0. The van der Waals surface area contributed by atoms with E-state index >= 15 is 0 Å². The molecule has 188 valence electrons. The molecule has 0 saturated heterocycles. The van der Waals surface area contributed by atoms with Gasteiger partial charge in [-0.25, -0.2) is 4.39 Å². The van der Waals surface area contributed by atoms with Crippen molar-refractivity contribution in [3.8, 4) is 11.3 Å². The highest BCUT2D eigenvalue weighted by Gasteiger charge is 2.22. The maximum Gasteiger partial charge on any atom is 0.132 e. The van der Waals surface area contributed by atoms with Crippen LogP contribution in [-0.2, 0) is 6.42 Å². The molecule has 34 heavy (non-hydrogen) atoms. The molecule has 0 spiro atoms. The van der Waals surface area contributed by atoms with Crippen molar-refractivity contribution in [1.82, 2.24) is 4.98 Å². The Morgan fingerprint density at radius 1 is 0.765 bits per heavy atom. The van der Waals surface area contributed by atoms with Crippen LogP contribution in [0.5, 0.6) is 0 Å². The highest BCUT2D eigenvalue weighted by molar-refractivity contribution is 5.60. The molecule has 1 heterocycles. The summed E-state index contributed by atoms with van der Waals surface area (Å²) in [6.07, 6.45) is 24.2. The Hall–Kier alpha value is -1.70. The number of benzene rings is 1. The van der Waals surface area contributed by atoms with Gasteiger partial charge in [0.05, 0.1) is 5.69 Å². The summed E-state index contributed by atoms with van der Waals surface area (Å²) in [5, 5.41) is 0. The third-order valence-corrected chi connectivity index (χ3v) is 7.95. The molecule has 0 radical (unpaired) electrons. The molecule has 1 aromatic carbocycles. The van der Waals surface area contributed by atoms with E-state index in [0.717, 1.165) is 30.0 Å². The third-order valence-electron chi connectivity index (χ3n) is 7.95. The summed E-state index contributed by atoms with van der Waals surface area (Å²) in [5.74, 6) is 1.42. The second kappa shape index (κ2) is 15.3. The topological polar surface area (TPSA) is 12.9 Å². The average molecular weight is 466 g/mol. The van der Waals surface area contributed by atoms with Crippen LogP contribution >= 0.6 is 0 Å². The van der Waals surface area contributed by atoms with Gasteiger partial charge in [-0.05, 0) is 79.7 Å². The van der Waals surface area contributed by atoms with Crippen LogP contribution in [0.25, 0.3) is 11.3 Å². The van der Waals surface area contributed by atoms with E-state index in [2.05, 4.69) is 31.0 Å². The van der Waals surface area contributed by atoms with Crippen LogP contribution < -0.4 is 0 Å². The minimum Gasteiger partial charge on any atom is -0.256 e. The summed E-state index contributed by atoms with van der Waals surface area (Å²) in [6, 6.07) is 9.97. The number of hydrogen-bond acceptors (Lipinski definition) is 1. The number of pyridine rings is 1. The normalized spacial score (nSPS) is 18.3. The Morgan fingerprint density at radius 2 is 1.44 bits per heavy atom. The van der Waals surface area contributed by atoms with Crippen molar-refractivity contribution in [1.29, 1.82) is 0 Å². The zero-order valence-electron chi connectivity index (χ0n) is 22.0. The fourth-order valence-electron chi connectivity index (χ4n) is 5.66. The van der Waals surface area contributed by atoms with E-state index in [1.54, 1.807) is 6.07 Å². The molecular formula is C32H48FN. The maximum atomic E-state index is 14.9. The third kappa shape index (κ3) is 8.82. The molecule has 1 nitrogen and oxygen atoms in total. The van der Waals surface area contributed by atoms with Crippen molar-refractivity contribution in [3.05, 3.63) is 53.5 Å². The monoisotopic (exact) mass is 465 g/mol. The van der Waals surface area contributed by atoms with Crippen molar-refractivity contribution >= 4 is 0 Å². The van der Waals surface area contributed by atoms with Crippen LogP contribution in [0.3, 0.4) is 0 Å². The number of unbranched alkanes of at least 4 members (excludes halogenated alkanes) is 9. The minimum atomic E-state index is -0.135. The highest BCUT2D eigenvalue weighted by Crippen LogP contribution is 2.38. The molecule has 0 unspecified atom stereocenters. The number of hydrogen-bond donors (Lipinski definition) is 0. The second-order valence-electron chi connectivity index (χ2n) is 10.7. The van der Waals surface area contributed by atoms with Crippen LogP contribution in [0, 0.1) is 11.7 Å². The lowest BCUT2D eigenvalue weighted by Crippen LogP contribution is -2.13. The van der Waals surface area contributed by atoms with Gasteiger partial charge in [-0.15, -0.1) is 0 Å². The van der Waals surface area contributed by atoms with Gasteiger partial charge in [-0.1, -0.05) is 96.6 Å². The molecule has 3 rings (SSSR count). The van der Waals surface area contributed by atoms with Gasteiger partial charge in [0.25, 0.3) is 0 Å². The SMILES string of the molecule is CCCCCCCCCc1ccc(-c2ccc(C3CCC(CCCCCC)CC3)cn2)c(F)c1. The predicted octanol–water partition coefficient (Wildman–Crippen LogP) is 10.4. The van der Waals surface area contributed by atoms with Gasteiger partial charge < -0.3 is 0 Å². The van der Waals surface area contributed by atoms with Gasteiger partial charge in [0, 0.05) is 11.8 Å². The van der Waals surface area contributed by atoms with E-state index in [0.29, 0.717) is 11.5 Å². The van der Waals surface area contributed by atoms with E-state index in [9.17, 15) is 4.39 Å². The minimum absolute atomic E-state index is 0.135. The fourth-order valence-corrected chi connectivity index (χ4v) is 5.66. The molecule has 1 aliphatic rings. The number of rotatable bonds is 15. The fraction of sp³-hybridized carbons (Fsp3) is 0.656. The van der Waals surface area contributed by atoms with Crippen molar-refractivity contribution in [2.75, 3.05) is 0 Å². The highest BCUT2D eigenvalue weighted by atomic mass is 19.1. The lowest BCUT2D eigenvalue weighted by atomic mass is 9.77. The van der Waals surface area contributed by atoms with Crippen molar-refractivity contribution < 1.29 is 4.39 Å². The number of nitrogens with zero attached hydrogens (tertiary/aromatic N) is 1. The van der Waals surface area contributed by atoms with E-state index in [4.69, 9.17) is 0 Å². The van der Waals surface area contributed by atoms with Gasteiger partial charge in [0.15, 0.2) is 0 Å². The lowest BCUT2D eigenvalue weighted by Gasteiger charge is -2.28. The van der Waals surface area contributed by atoms with Crippen LogP contribution in [-0.4, -0.2) is 4.98 Å². The van der Waals surface area contributed by atoms with E-state index in [-0.39, 0.29) is 5.82 Å². The van der Waals surface area contributed by atoms with Crippen molar-refractivity contribution in [2.45, 2.75) is 129 Å². The van der Waals surface area contributed by atoms with Gasteiger partial charge in [-0.2, -0.15) is 0 Å². The summed E-state index contributed by atoms with van der Waals surface area (Å²) in [5.41, 5.74) is 3.83. The number of halogens is 1. The summed E-state index contributed by atoms with van der Waals surface area (Å²) in [7, 11) is 0. The molecule has 1 aromatic heterocycles. The van der Waals surface area contributed by atoms with Crippen LogP contribution in [0.15, 0.2) is 36.5 Å². The Bertz CT molecular complexity index is 804. The Labute approximate surface area is 209 Å². The first-order valence-corrected chi connectivity index (χ1v) is 14.5. The molecule has 1 aliphatic carbocycles. The van der Waals surface area contributed by atoms with Gasteiger partial charge in [0.1, 0.15) is 5.82 Å². The summed E-state index contributed by atoms with van der Waals surface area (Å²) < 4.78 is 14.9. The molecule has 2 aromatic rings. The Balaban J connectivity index is 1.44. The molecule has 1 saturated carbocycles. The number of aromatic nitrogens is 1. The van der Waals surface area contributed by atoms with Gasteiger partial charge >= 0.3 is 0 Å². The molecule has 0 aliphatic heterocycles. The Morgan fingerprint density at radius 3 is 2.09 bits per heavy atom. The second-order valence-corrected chi connectivity index (χ2v) is 10.7. The first kappa shape index (κ1) is 26.9. The zero-order chi connectivity index (χ0) is 24.0. The largest absolute Gasteiger partial charge is 0.256 e. The lowest BCUT2D eigenvalue weighted by molar-refractivity contribution is 0.302. The average Bonchev–Trinajstić information content (AvgIpc) is 2.87. The van der Waals surface area contributed by atoms with Crippen LogP contribution in [0.4, 0.5) is 4.39 Å².